The van der Waals surface area contributed by atoms with Crippen molar-refractivity contribution < 1.29 is 14.7 Å². The molecule has 0 aromatic rings. The van der Waals surface area contributed by atoms with Gasteiger partial charge in [0, 0.05) is 18.6 Å². The van der Waals surface area contributed by atoms with Crippen LogP contribution >= 0.6 is 0 Å². The molecule has 0 saturated heterocycles. The lowest BCUT2D eigenvalue weighted by atomic mass is 9.79. The largest absolute Gasteiger partial charge is 0.396 e. The molecular weight excluding hydrogens is 256 g/mol. The number of hydrogen-bond acceptors (Lipinski definition) is 3. The quantitative estimate of drug-likeness (QED) is 0.706. The van der Waals surface area contributed by atoms with Gasteiger partial charge in [-0.25, -0.2) is 0 Å². The van der Waals surface area contributed by atoms with E-state index in [2.05, 4.69) is 10.6 Å². The monoisotopic (exact) mass is 284 g/mol. The first-order chi connectivity index (χ1) is 9.34. The Morgan fingerprint density at radius 2 is 1.70 bits per heavy atom. The molecule has 2 amide bonds. The summed E-state index contributed by atoms with van der Waals surface area (Å²) in [5.74, 6) is 0.368. The number of nitrogens with one attached hydrogen (secondary N) is 2. The Morgan fingerprint density at radius 3 is 2.25 bits per heavy atom. The lowest BCUT2D eigenvalue weighted by Gasteiger charge is -2.30. The van der Waals surface area contributed by atoms with Gasteiger partial charge in [-0.15, -0.1) is 0 Å². The Morgan fingerprint density at radius 1 is 1.10 bits per heavy atom. The van der Waals surface area contributed by atoms with Crippen LogP contribution in [-0.2, 0) is 9.59 Å². The highest BCUT2D eigenvalue weighted by atomic mass is 16.3. The summed E-state index contributed by atoms with van der Waals surface area (Å²) in [6, 6.07) is 0. The highest BCUT2D eigenvalue weighted by Crippen LogP contribution is 2.28. The second-order valence-corrected chi connectivity index (χ2v) is 6.72. The number of aliphatic hydroxyl groups is 1. The first kappa shape index (κ1) is 17.0. The molecule has 0 spiro atoms. The summed E-state index contributed by atoms with van der Waals surface area (Å²) < 4.78 is 0. The van der Waals surface area contributed by atoms with Crippen LogP contribution in [-0.4, -0.2) is 36.6 Å². The minimum atomic E-state index is -0.481. The fourth-order valence-corrected chi connectivity index (χ4v) is 2.53. The van der Waals surface area contributed by atoms with E-state index in [0.29, 0.717) is 18.4 Å². The van der Waals surface area contributed by atoms with Crippen LogP contribution in [0.3, 0.4) is 0 Å². The van der Waals surface area contributed by atoms with Crippen LogP contribution < -0.4 is 10.6 Å². The lowest BCUT2D eigenvalue weighted by molar-refractivity contribution is -0.131. The average Bonchev–Trinajstić information content (AvgIpc) is 2.41. The minimum absolute atomic E-state index is 0.0205. The molecule has 0 aromatic carbocycles. The minimum Gasteiger partial charge on any atom is -0.396 e. The number of hydrogen-bond donors (Lipinski definition) is 3. The normalized spacial score (nSPS) is 23.2. The molecule has 5 heteroatoms. The van der Waals surface area contributed by atoms with Crippen molar-refractivity contribution in [1.29, 1.82) is 0 Å². The number of amides is 2. The van der Waals surface area contributed by atoms with Crippen LogP contribution in [0.4, 0.5) is 0 Å². The van der Waals surface area contributed by atoms with E-state index < -0.39 is 5.41 Å². The Labute approximate surface area is 121 Å². The first-order valence-electron chi connectivity index (χ1n) is 7.50. The van der Waals surface area contributed by atoms with Crippen molar-refractivity contribution in [3.8, 4) is 0 Å². The zero-order chi connectivity index (χ0) is 15.2. The van der Waals surface area contributed by atoms with Gasteiger partial charge in [-0.2, -0.15) is 0 Å². The molecule has 2 unspecified atom stereocenters. The molecule has 0 bridgehead atoms. The molecule has 3 N–H and O–H groups in total. The lowest BCUT2D eigenvalue weighted by Crippen LogP contribution is -2.43. The van der Waals surface area contributed by atoms with Gasteiger partial charge in [0.25, 0.3) is 0 Å². The van der Waals surface area contributed by atoms with Crippen LogP contribution in [0.1, 0.15) is 46.5 Å². The number of carbonyl (C=O) groups is 2. The Balaban J connectivity index is 2.27. The topological polar surface area (TPSA) is 78.4 Å². The molecule has 0 aromatic heterocycles. The van der Waals surface area contributed by atoms with E-state index in [1.165, 1.54) is 0 Å². The van der Waals surface area contributed by atoms with Crippen LogP contribution in [0.2, 0.25) is 0 Å². The van der Waals surface area contributed by atoms with Crippen molar-refractivity contribution in [3.63, 3.8) is 0 Å². The predicted molar refractivity (Wildman–Crippen MR) is 78.0 cm³/mol. The molecule has 20 heavy (non-hydrogen) atoms. The van der Waals surface area contributed by atoms with Crippen molar-refractivity contribution in [3.05, 3.63) is 0 Å². The summed E-state index contributed by atoms with van der Waals surface area (Å²) in [6.45, 7) is 6.25. The zero-order valence-corrected chi connectivity index (χ0v) is 12.9. The van der Waals surface area contributed by atoms with Gasteiger partial charge in [-0.1, -0.05) is 33.6 Å². The average molecular weight is 284 g/mol. The maximum absolute atomic E-state index is 11.7. The van der Waals surface area contributed by atoms with Gasteiger partial charge >= 0.3 is 0 Å². The highest BCUT2D eigenvalue weighted by molar-refractivity contribution is 5.87. The van der Waals surface area contributed by atoms with Crippen LogP contribution in [0.15, 0.2) is 0 Å². The van der Waals surface area contributed by atoms with Crippen molar-refractivity contribution in [2.75, 3.05) is 19.7 Å². The van der Waals surface area contributed by atoms with Gasteiger partial charge in [0.2, 0.25) is 11.8 Å². The van der Waals surface area contributed by atoms with Crippen LogP contribution in [0, 0.1) is 17.3 Å². The van der Waals surface area contributed by atoms with Gasteiger partial charge in [-0.05, 0) is 24.7 Å². The molecule has 1 fully saturated rings. The second-order valence-electron chi connectivity index (χ2n) is 6.72. The standard InChI is InChI=1S/C15H28N2O3/c1-15(2,3)14(20)17-9-13(19)16-8-11-6-4-5-7-12(11)10-18/h11-12,18H,4-10H2,1-3H3,(H,16,19)(H,17,20). The molecule has 2 atom stereocenters. The predicted octanol–water partition coefficient (Wildman–Crippen LogP) is 1.06. The smallest absolute Gasteiger partial charge is 0.239 e. The van der Waals surface area contributed by atoms with Crippen molar-refractivity contribution >= 4 is 11.8 Å². The fraction of sp³-hybridized carbons (Fsp3) is 0.867. The summed E-state index contributed by atoms with van der Waals surface area (Å²) in [6.07, 6.45) is 4.42. The molecule has 0 radical (unpaired) electrons. The van der Waals surface area contributed by atoms with E-state index in [-0.39, 0.29) is 25.0 Å². The van der Waals surface area contributed by atoms with Crippen LogP contribution in [0.25, 0.3) is 0 Å². The van der Waals surface area contributed by atoms with E-state index in [9.17, 15) is 14.7 Å². The first-order valence-corrected chi connectivity index (χ1v) is 7.50. The van der Waals surface area contributed by atoms with E-state index in [4.69, 9.17) is 0 Å². The molecule has 0 aliphatic heterocycles. The Bertz CT molecular complexity index is 337. The summed E-state index contributed by atoms with van der Waals surface area (Å²) in [4.78, 5) is 23.4. The number of carbonyl (C=O) groups excluding carboxylic acids is 2. The third kappa shape index (κ3) is 5.49. The molecule has 1 rings (SSSR count). The zero-order valence-electron chi connectivity index (χ0n) is 12.9. The number of aliphatic hydroxyl groups excluding tert-OH is 1. The molecule has 5 nitrogen and oxygen atoms in total. The van der Waals surface area contributed by atoms with Gasteiger partial charge in [0.05, 0.1) is 6.54 Å². The van der Waals surface area contributed by atoms with E-state index in [0.717, 1.165) is 25.7 Å². The highest BCUT2D eigenvalue weighted by Gasteiger charge is 2.25. The van der Waals surface area contributed by atoms with E-state index in [1.54, 1.807) is 0 Å². The summed E-state index contributed by atoms with van der Waals surface area (Å²) in [5.41, 5.74) is -0.481. The molecule has 1 aliphatic rings. The number of rotatable bonds is 5. The maximum Gasteiger partial charge on any atom is 0.239 e. The van der Waals surface area contributed by atoms with Crippen molar-refractivity contribution in [2.24, 2.45) is 17.3 Å². The summed E-state index contributed by atoms with van der Waals surface area (Å²) >= 11 is 0. The van der Waals surface area contributed by atoms with Crippen molar-refractivity contribution in [1.82, 2.24) is 10.6 Å². The van der Waals surface area contributed by atoms with Gasteiger partial charge in [0.1, 0.15) is 0 Å². The molecular formula is C15H28N2O3. The molecule has 1 saturated carbocycles. The SMILES string of the molecule is CC(C)(C)C(=O)NCC(=O)NCC1CCCCC1CO. The Hall–Kier alpha value is -1.10. The Kier molecular flexibility index (Phi) is 6.46. The maximum atomic E-state index is 11.7. The van der Waals surface area contributed by atoms with Gasteiger partial charge < -0.3 is 15.7 Å². The summed E-state index contributed by atoms with van der Waals surface area (Å²) in [5, 5.41) is 14.8. The fourth-order valence-electron chi connectivity index (χ4n) is 2.53. The molecule has 1 aliphatic carbocycles. The van der Waals surface area contributed by atoms with Crippen LogP contribution in [0.5, 0.6) is 0 Å². The van der Waals surface area contributed by atoms with Gasteiger partial charge in [0.15, 0.2) is 0 Å². The van der Waals surface area contributed by atoms with E-state index >= 15 is 0 Å². The van der Waals surface area contributed by atoms with Gasteiger partial charge in [-0.3, -0.25) is 9.59 Å². The molecule has 116 valence electrons. The third-order valence-electron chi connectivity index (χ3n) is 3.95. The molecule has 0 heterocycles. The van der Waals surface area contributed by atoms with Crippen molar-refractivity contribution in [2.45, 2.75) is 46.5 Å². The van der Waals surface area contributed by atoms with E-state index in [1.807, 2.05) is 20.8 Å². The second kappa shape index (κ2) is 7.62. The summed E-state index contributed by atoms with van der Waals surface area (Å²) in [7, 11) is 0. The third-order valence-corrected chi connectivity index (χ3v) is 3.95.